The van der Waals surface area contributed by atoms with E-state index in [-0.39, 0.29) is 17.2 Å². The highest BCUT2D eigenvalue weighted by Crippen LogP contribution is 2.39. The van der Waals surface area contributed by atoms with Crippen LogP contribution in [0.25, 0.3) is 0 Å². The summed E-state index contributed by atoms with van der Waals surface area (Å²) in [4.78, 5) is 35.1. The molecule has 2 aliphatic heterocycles. The van der Waals surface area contributed by atoms with E-state index in [1.54, 1.807) is 6.20 Å². The highest BCUT2D eigenvalue weighted by molar-refractivity contribution is 5.79. The van der Waals surface area contributed by atoms with Gasteiger partial charge in [-0.05, 0) is 45.5 Å². The molecule has 2 fully saturated rings. The van der Waals surface area contributed by atoms with Crippen molar-refractivity contribution in [2.24, 2.45) is 5.41 Å². The van der Waals surface area contributed by atoms with Gasteiger partial charge >= 0.3 is 0 Å². The van der Waals surface area contributed by atoms with Crippen molar-refractivity contribution in [3.63, 3.8) is 0 Å². The van der Waals surface area contributed by atoms with E-state index < -0.39 is 0 Å². The van der Waals surface area contributed by atoms with Crippen molar-refractivity contribution in [1.29, 1.82) is 0 Å². The molecule has 2 amide bonds. The first-order valence-corrected chi connectivity index (χ1v) is 9.08. The number of hydrogen-bond acceptors (Lipinski definition) is 4. The summed E-state index contributed by atoms with van der Waals surface area (Å²) < 4.78 is 0. The minimum absolute atomic E-state index is 0.0446. The molecule has 2 aliphatic rings. The van der Waals surface area contributed by atoms with Crippen LogP contribution in [-0.4, -0.2) is 71.8 Å². The van der Waals surface area contributed by atoms with Crippen LogP contribution in [0.5, 0.6) is 0 Å². The van der Waals surface area contributed by atoms with Crippen LogP contribution in [-0.2, 0) is 16.1 Å². The number of carbonyl (C=O) groups excluding carboxylic acids is 2. The van der Waals surface area contributed by atoms with Crippen LogP contribution in [0.3, 0.4) is 0 Å². The topological polar surface area (TPSA) is 56.8 Å². The molecule has 0 bridgehead atoms. The summed E-state index contributed by atoms with van der Waals surface area (Å²) in [5, 5.41) is 0. The van der Waals surface area contributed by atoms with Crippen molar-refractivity contribution in [1.82, 2.24) is 19.7 Å². The lowest BCUT2D eigenvalue weighted by Crippen LogP contribution is -2.55. The highest BCUT2D eigenvalue weighted by Gasteiger charge is 2.42. The Morgan fingerprint density at radius 1 is 1.28 bits per heavy atom. The lowest BCUT2D eigenvalue weighted by Gasteiger charge is -2.48. The van der Waals surface area contributed by atoms with Gasteiger partial charge in [-0.3, -0.25) is 14.6 Å². The maximum atomic E-state index is 12.5. The van der Waals surface area contributed by atoms with Crippen molar-refractivity contribution in [2.75, 3.05) is 40.3 Å². The molecule has 1 spiro atoms. The second-order valence-electron chi connectivity index (χ2n) is 7.73. The molecule has 3 heterocycles. The van der Waals surface area contributed by atoms with Gasteiger partial charge in [0.2, 0.25) is 11.8 Å². The monoisotopic (exact) mass is 344 g/mol. The van der Waals surface area contributed by atoms with Gasteiger partial charge in [-0.15, -0.1) is 0 Å². The Bertz CT molecular complexity index is 619. The highest BCUT2D eigenvalue weighted by atomic mass is 16.2. The molecule has 0 saturated carbocycles. The van der Waals surface area contributed by atoms with Gasteiger partial charge in [0.15, 0.2) is 0 Å². The SMILES string of the molecule is CN(C)CC(=O)N1CCC[C@]2(CCC(=O)N(Cc3ccccn3)C2)C1. The number of piperidine rings is 2. The van der Waals surface area contributed by atoms with Crippen molar-refractivity contribution in [3.8, 4) is 0 Å². The minimum Gasteiger partial charge on any atom is -0.341 e. The number of nitrogens with zero attached hydrogens (tertiary/aromatic N) is 4. The molecule has 1 aromatic rings. The molecular formula is C19H28N4O2. The van der Waals surface area contributed by atoms with Crippen molar-refractivity contribution in [2.45, 2.75) is 32.2 Å². The molecule has 0 aromatic carbocycles. The zero-order valence-electron chi connectivity index (χ0n) is 15.3. The zero-order valence-corrected chi connectivity index (χ0v) is 15.3. The predicted octanol–water partition coefficient (Wildman–Crippen LogP) is 1.37. The molecule has 1 aromatic heterocycles. The first-order valence-electron chi connectivity index (χ1n) is 9.08. The van der Waals surface area contributed by atoms with E-state index in [1.807, 2.05) is 47.0 Å². The Kier molecular flexibility index (Phi) is 5.37. The van der Waals surface area contributed by atoms with E-state index in [1.165, 1.54) is 0 Å². The van der Waals surface area contributed by atoms with Gasteiger partial charge in [-0.1, -0.05) is 6.07 Å². The van der Waals surface area contributed by atoms with Gasteiger partial charge in [0.1, 0.15) is 0 Å². The summed E-state index contributed by atoms with van der Waals surface area (Å²) in [5.41, 5.74) is 0.965. The molecule has 0 unspecified atom stereocenters. The molecule has 0 radical (unpaired) electrons. The van der Waals surface area contributed by atoms with Gasteiger partial charge in [0.25, 0.3) is 0 Å². The van der Waals surface area contributed by atoms with Crippen molar-refractivity contribution < 1.29 is 9.59 Å². The molecule has 0 N–H and O–H groups in total. The summed E-state index contributed by atoms with van der Waals surface area (Å²) >= 11 is 0. The van der Waals surface area contributed by atoms with Crippen LogP contribution in [0.2, 0.25) is 0 Å². The Hall–Kier alpha value is -1.95. The third kappa shape index (κ3) is 4.37. The lowest BCUT2D eigenvalue weighted by molar-refractivity contribution is -0.144. The van der Waals surface area contributed by atoms with Gasteiger partial charge in [0, 0.05) is 37.7 Å². The molecule has 0 aliphatic carbocycles. The van der Waals surface area contributed by atoms with E-state index in [2.05, 4.69) is 4.98 Å². The van der Waals surface area contributed by atoms with E-state index in [9.17, 15) is 9.59 Å². The molecule has 3 rings (SSSR count). The van der Waals surface area contributed by atoms with Gasteiger partial charge in [-0.25, -0.2) is 0 Å². The number of carbonyl (C=O) groups is 2. The largest absolute Gasteiger partial charge is 0.341 e. The summed E-state index contributed by atoms with van der Waals surface area (Å²) in [5.74, 6) is 0.394. The molecule has 6 heteroatoms. The number of likely N-dealkylation sites (N-methyl/N-ethyl adjacent to an activating group) is 1. The van der Waals surface area contributed by atoms with Crippen molar-refractivity contribution in [3.05, 3.63) is 30.1 Å². The van der Waals surface area contributed by atoms with Crippen LogP contribution in [0.1, 0.15) is 31.4 Å². The fourth-order valence-electron chi connectivity index (χ4n) is 4.06. The molecule has 1 atom stereocenters. The summed E-state index contributed by atoms with van der Waals surface area (Å²) in [7, 11) is 3.84. The fourth-order valence-corrected chi connectivity index (χ4v) is 4.06. The Balaban J connectivity index is 1.68. The molecular weight excluding hydrogens is 316 g/mol. The molecule has 136 valence electrons. The second-order valence-corrected chi connectivity index (χ2v) is 7.73. The third-order valence-corrected chi connectivity index (χ3v) is 5.29. The maximum absolute atomic E-state index is 12.5. The van der Waals surface area contributed by atoms with E-state index in [4.69, 9.17) is 0 Å². The summed E-state index contributed by atoms with van der Waals surface area (Å²) in [6.07, 6.45) is 5.33. The number of pyridine rings is 1. The van der Waals surface area contributed by atoms with E-state index in [0.29, 0.717) is 19.5 Å². The number of likely N-dealkylation sites (tertiary alicyclic amines) is 2. The second kappa shape index (κ2) is 7.52. The number of rotatable bonds is 4. The maximum Gasteiger partial charge on any atom is 0.236 e. The average Bonchev–Trinajstić information content (AvgIpc) is 2.59. The predicted molar refractivity (Wildman–Crippen MR) is 95.7 cm³/mol. The lowest BCUT2D eigenvalue weighted by atomic mass is 9.73. The van der Waals surface area contributed by atoms with E-state index >= 15 is 0 Å². The zero-order chi connectivity index (χ0) is 17.9. The Labute approximate surface area is 149 Å². The van der Waals surface area contributed by atoms with Gasteiger partial charge in [0.05, 0.1) is 18.8 Å². The smallest absolute Gasteiger partial charge is 0.236 e. The van der Waals surface area contributed by atoms with Crippen LogP contribution < -0.4 is 0 Å². The van der Waals surface area contributed by atoms with Crippen molar-refractivity contribution >= 4 is 11.8 Å². The molecule has 25 heavy (non-hydrogen) atoms. The van der Waals surface area contributed by atoms with Crippen LogP contribution in [0, 0.1) is 5.41 Å². The normalized spacial score (nSPS) is 24.2. The standard InChI is InChI=1S/C19H28N4O2/c1-21(2)13-18(25)22-11-5-8-19(14-22)9-7-17(24)23(15-19)12-16-6-3-4-10-20-16/h3-4,6,10H,5,7-9,11-15H2,1-2H3/t19-/m0/s1. The molecule has 6 nitrogen and oxygen atoms in total. The average molecular weight is 344 g/mol. The Morgan fingerprint density at radius 3 is 2.84 bits per heavy atom. The van der Waals surface area contributed by atoms with Crippen LogP contribution >= 0.6 is 0 Å². The number of amides is 2. The third-order valence-electron chi connectivity index (χ3n) is 5.29. The van der Waals surface area contributed by atoms with Crippen LogP contribution in [0.15, 0.2) is 24.4 Å². The number of aromatic nitrogens is 1. The van der Waals surface area contributed by atoms with Gasteiger partial charge in [-0.2, -0.15) is 0 Å². The van der Waals surface area contributed by atoms with Gasteiger partial charge < -0.3 is 14.7 Å². The van der Waals surface area contributed by atoms with E-state index in [0.717, 1.165) is 44.6 Å². The fraction of sp³-hybridized carbons (Fsp3) is 0.632. The number of hydrogen-bond donors (Lipinski definition) is 0. The van der Waals surface area contributed by atoms with Crippen LogP contribution in [0.4, 0.5) is 0 Å². The quantitative estimate of drug-likeness (QED) is 0.828. The first kappa shape index (κ1) is 17.9. The first-order chi connectivity index (χ1) is 12.0. The summed E-state index contributed by atoms with van der Waals surface area (Å²) in [6, 6.07) is 5.80. The minimum atomic E-state index is 0.0446. The molecule has 2 saturated heterocycles. The Morgan fingerprint density at radius 2 is 2.12 bits per heavy atom. The summed E-state index contributed by atoms with van der Waals surface area (Å²) in [6.45, 7) is 3.35.